The maximum absolute atomic E-state index is 12.4. The summed E-state index contributed by atoms with van der Waals surface area (Å²) in [6.07, 6.45) is 6.05. The van der Waals surface area contributed by atoms with E-state index in [0.717, 1.165) is 19.4 Å². The summed E-state index contributed by atoms with van der Waals surface area (Å²) < 4.78 is 26.3. The average molecular weight is 284 g/mol. The highest BCUT2D eigenvalue weighted by Crippen LogP contribution is 2.24. The zero-order valence-electron chi connectivity index (χ0n) is 10.9. The summed E-state index contributed by atoms with van der Waals surface area (Å²) in [5.74, 6) is 0.423. The van der Waals surface area contributed by atoms with E-state index in [0.29, 0.717) is 25.0 Å². The van der Waals surface area contributed by atoms with Gasteiger partial charge in [-0.25, -0.2) is 8.42 Å². The zero-order chi connectivity index (χ0) is 13.3. The molecule has 1 aromatic rings. The number of rotatable bonds is 5. The molecular formula is C12H20N4O2S. The lowest BCUT2D eigenvalue weighted by Crippen LogP contribution is -2.43. The first-order valence-corrected chi connectivity index (χ1v) is 8.33. The van der Waals surface area contributed by atoms with Gasteiger partial charge in [-0.05, 0) is 44.2 Å². The van der Waals surface area contributed by atoms with Crippen LogP contribution in [0.25, 0.3) is 0 Å². The third-order valence-electron chi connectivity index (χ3n) is 3.85. The quantitative estimate of drug-likeness (QED) is 0.828. The highest BCUT2D eigenvalue weighted by molar-refractivity contribution is 7.89. The summed E-state index contributed by atoms with van der Waals surface area (Å²) >= 11 is 0. The van der Waals surface area contributed by atoms with Crippen LogP contribution < -0.4 is 5.32 Å². The van der Waals surface area contributed by atoms with E-state index in [1.807, 2.05) is 0 Å². The summed E-state index contributed by atoms with van der Waals surface area (Å²) in [6, 6.07) is 2.20. The minimum absolute atomic E-state index is 0.198. The number of sulfonamides is 1. The normalized spacial score (nSPS) is 25.6. The van der Waals surface area contributed by atoms with Gasteiger partial charge in [-0.2, -0.15) is 9.40 Å². The van der Waals surface area contributed by atoms with Crippen molar-refractivity contribution in [3.8, 4) is 0 Å². The Morgan fingerprint density at radius 2 is 2.26 bits per heavy atom. The van der Waals surface area contributed by atoms with Crippen LogP contribution in [0.4, 0.5) is 0 Å². The summed E-state index contributed by atoms with van der Waals surface area (Å²) in [5.41, 5.74) is 0. The van der Waals surface area contributed by atoms with Gasteiger partial charge in [0.1, 0.15) is 0 Å². The van der Waals surface area contributed by atoms with E-state index in [1.165, 1.54) is 25.1 Å². The van der Waals surface area contributed by atoms with Crippen LogP contribution in [0, 0.1) is 5.92 Å². The summed E-state index contributed by atoms with van der Waals surface area (Å²) in [6.45, 7) is 2.15. The van der Waals surface area contributed by atoms with Crippen LogP contribution in [0.3, 0.4) is 0 Å². The van der Waals surface area contributed by atoms with Gasteiger partial charge >= 0.3 is 0 Å². The molecule has 2 heterocycles. The minimum Gasteiger partial charge on any atom is -0.314 e. The van der Waals surface area contributed by atoms with Crippen LogP contribution in [0.2, 0.25) is 0 Å². The monoisotopic (exact) mass is 284 g/mol. The molecule has 19 heavy (non-hydrogen) atoms. The smallest absolute Gasteiger partial charge is 0.259 e. The van der Waals surface area contributed by atoms with E-state index in [4.69, 9.17) is 0 Å². The first-order chi connectivity index (χ1) is 9.16. The van der Waals surface area contributed by atoms with Crippen LogP contribution in [0.5, 0.6) is 0 Å². The summed E-state index contributed by atoms with van der Waals surface area (Å²) in [7, 11) is -3.39. The largest absolute Gasteiger partial charge is 0.314 e. The zero-order valence-corrected chi connectivity index (χ0v) is 11.7. The Bertz CT molecular complexity index is 510. The van der Waals surface area contributed by atoms with E-state index in [9.17, 15) is 8.42 Å². The molecule has 3 rings (SSSR count). The van der Waals surface area contributed by atoms with Crippen molar-refractivity contribution in [2.45, 2.75) is 36.8 Å². The van der Waals surface area contributed by atoms with E-state index < -0.39 is 10.0 Å². The predicted octanol–water partition coefficient (Wildman–Crippen LogP) is 0.562. The number of hydrogen-bond donors (Lipinski definition) is 2. The fourth-order valence-electron chi connectivity index (χ4n) is 2.56. The fourth-order valence-corrected chi connectivity index (χ4v) is 4.01. The summed E-state index contributed by atoms with van der Waals surface area (Å²) in [4.78, 5) is 0. The van der Waals surface area contributed by atoms with Crippen molar-refractivity contribution in [3.05, 3.63) is 12.3 Å². The first-order valence-electron chi connectivity index (χ1n) is 6.89. The predicted molar refractivity (Wildman–Crippen MR) is 71.1 cm³/mol. The van der Waals surface area contributed by atoms with Crippen molar-refractivity contribution in [1.82, 2.24) is 19.8 Å². The highest BCUT2D eigenvalue weighted by atomic mass is 32.2. The van der Waals surface area contributed by atoms with E-state index in [2.05, 4.69) is 15.5 Å². The number of piperidine rings is 1. The standard InChI is InChI=1S/C12H20N4O2S/c17-19(18,12-5-6-14-15-12)16-7-1-2-10(9-16)8-13-11-3-4-11/h5-6,10-11,13H,1-4,7-9H2,(H,14,15). The maximum Gasteiger partial charge on any atom is 0.259 e. The summed E-state index contributed by atoms with van der Waals surface area (Å²) in [5, 5.41) is 9.97. The van der Waals surface area contributed by atoms with E-state index in [1.54, 1.807) is 4.31 Å². The molecule has 0 aromatic carbocycles. The van der Waals surface area contributed by atoms with Gasteiger partial charge in [0.2, 0.25) is 0 Å². The van der Waals surface area contributed by atoms with Gasteiger partial charge in [-0.15, -0.1) is 0 Å². The Morgan fingerprint density at radius 1 is 1.42 bits per heavy atom. The minimum atomic E-state index is -3.39. The Morgan fingerprint density at radius 3 is 2.95 bits per heavy atom. The molecule has 6 nitrogen and oxygen atoms in total. The van der Waals surface area contributed by atoms with Crippen molar-refractivity contribution >= 4 is 10.0 Å². The molecule has 1 aliphatic carbocycles. The number of hydrogen-bond acceptors (Lipinski definition) is 4. The van der Waals surface area contributed by atoms with Gasteiger partial charge in [0.05, 0.1) is 6.20 Å². The van der Waals surface area contributed by atoms with Crippen molar-refractivity contribution in [3.63, 3.8) is 0 Å². The molecule has 1 unspecified atom stereocenters. The molecule has 1 atom stereocenters. The van der Waals surface area contributed by atoms with Gasteiger partial charge in [0.15, 0.2) is 5.03 Å². The highest BCUT2D eigenvalue weighted by Gasteiger charge is 2.31. The maximum atomic E-state index is 12.4. The molecule has 1 aromatic heterocycles. The Hall–Kier alpha value is -0.920. The van der Waals surface area contributed by atoms with Crippen LogP contribution >= 0.6 is 0 Å². The molecule has 1 aliphatic heterocycles. The third kappa shape index (κ3) is 2.98. The van der Waals surface area contributed by atoms with Gasteiger partial charge in [-0.3, -0.25) is 5.10 Å². The molecule has 0 spiro atoms. The Balaban J connectivity index is 1.63. The van der Waals surface area contributed by atoms with E-state index >= 15 is 0 Å². The van der Waals surface area contributed by atoms with Gasteiger partial charge in [0.25, 0.3) is 10.0 Å². The molecule has 0 bridgehead atoms. The lowest BCUT2D eigenvalue weighted by atomic mass is 10.00. The molecule has 1 saturated heterocycles. The molecule has 1 saturated carbocycles. The van der Waals surface area contributed by atoms with Crippen LogP contribution in [-0.2, 0) is 10.0 Å². The van der Waals surface area contributed by atoms with Crippen molar-refractivity contribution in [1.29, 1.82) is 0 Å². The van der Waals surface area contributed by atoms with E-state index in [-0.39, 0.29) is 5.03 Å². The Kier molecular flexibility index (Phi) is 3.60. The molecule has 2 fully saturated rings. The second kappa shape index (κ2) is 5.22. The third-order valence-corrected chi connectivity index (χ3v) is 5.64. The van der Waals surface area contributed by atoms with Crippen molar-refractivity contribution in [2.24, 2.45) is 5.92 Å². The fraction of sp³-hybridized carbons (Fsp3) is 0.750. The lowest BCUT2D eigenvalue weighted by Gasteiger charge is -2.31. The molecule has 2 N–H and O–H groups in total. The molecule has 0 radical (unpaired) electrons. The first kappa shape index (κ1) is 13.1. The SMILES string of the molecule is O=S(=O)(c1ccn[nH]1)N1CCCC(CNC2CC2)C1. The number of nitrogens with one attached hydrogen (secondary N) is 2. The lowest BCUT2D eigenvalue weighted by molar-refractivity contribution is 0.259. The van der Waals surface area contributed by atoms with Crippen LogP contribution in [-0.4, -0.2) is 48.6 Å². The average Bonchev–Trinajstić information content (AvgIpc) is 3.07. The van der Waals surface area contributed by atoms with Crippen LogP contribution in [0.1, 0.15) is 25.7 Å². The molecule has 106 valence electrons. The second-order valence-corrected chi connectivity index (χ2v) is 7.38. The second-order valence-electron chi connectivity index (χ2n) is 5.47. The number of aromatic amines is 1. The number of aromatic nitrogens is 2. The van der Waals surface area contributed by atoms with Crippen molar-refractivity contribution < 1.29 is 8.42 Å². The molecule has 7 heteroatoms. The molecular weight excluding hydrogens is 264 g/mol. The molecule has 0 amide bonds. The van der Waals surface area contributed by atoms with Gasteiger partial charge in [-0.1, -0.05) is 0 Å². The van der Waals surface area contributed by atoms with Gasteiger partial charge in [0, 0.05) is 19.1 Å². The van der Waals surface area contributed by atoms with Gasteiger partial charge < -0.3 is 5.32 Å². The Labute approximate surface area is 113 Å². The van der Waals surface area contributed by atoms with Crippen molar-refractivity contribution in [2.75, 3.05) is 19.6 Å². The van der Waals surface area contributed by atoms with Crippen LogP contribution in [0.15, 0.2) is 17.3 Å². The number of H-pyrrole nitrogens is 1. The number of nitrogens with zero attached hydrogens (tertiary/aromatic N) is 2. The topological polar surface area (TPSA) is 78.1 Å². The molecule has 2 aliphatic rings.